The maximum Gasteiger partial charge on any atom is 0.334 e. The summed E-state index contributed by atoms with van der Waals surface area (Å²) in [5.41, 5.74) is 0. The van der Waals surface area contributed by atoms with E-state index in [1.807, 2.05) is 6.92 Å². The maximum atomic E-state index is 12.6. The molecule has 128 valence electrons. The lowest BCUT2D eigenvalue weighted by molar-refractivity contribution is -0.144. The Bertz CT molecular complexity index is 717. The second kappa shape index (κ2) is 6.64. The standard InChI is InChI=1S/C16H17ClN2O4S/c1-9-4-2-3-5-10(9)19-15(22)14(21)18(16(19)23)8-11(20)12-6-7-13(17)24-12/h6-7,9-10H,2-5,8H2,1H3/t9-,10-/m1/s1. The summed E-state index contributed by atoms with van der Waals surface area (Å²) in [5, 5.41) is 0. The summed E-state index contributed by atoms with van der Waals surface area (Å²) in [4.78, 5) is 51.4. The normalized spacial score (nSPS) is 24.8. The van der Waals surface area contributed by atoms with Gasteiger partial charge in [-0.3, -0.25) is 19.3 Å². The smallest absolute Gasteiger partial charge is 0.291 e. The van der Waals surface area contributed by atoms with Crippen LogP contribution in [0.3, 0.4) is 0 Å². The number of hydrogen-bond donors (Lipinski definition) is 0. The number of imide groups is 2. The molecule has 2 atom stereocenters. The van der Waals surface area contributed by atoms with Gasteiger partial charge in [-0.2, -0.15) is 0 Å². The van der Waals surface area contributed by atoms with Crippen LogP contribution in [0.25, 0.3) is 0 Å². The average molecular weight is 369 g/mol. The lowest BCUT2D eigenvalue weighted by Crippen LogP contribution is -2.46. The highest BCUT2D eigenvalue weighted by molar-refractivity contribution is 7.18. The fourth-order valence-electron chi connectivity index (χ4n) is 3.32. The van der Waals surface area contributed by atoms with Crippen LogP contribution in [-0.2, 0) is 9.59 Å². The highest BCUT2D eigenvalue weighted by Gasteiger charge is 2.49. The molecule has 8 heteroatoms. The number of thiophene rings is 1. The minimum absolute atomic E-state index is 0.159. The molecule has 0 radical (unpaired) electrons. The van der Waals surface area contributed by atoms with Gasteiger partial charge in [-0.1, -0.05) is 31.4 Å². The molecule has 2 aliphatic rings. The summed E-state index contributed by atoms with van der Waals surface area (Å²) < 4.78 is 0.450. The Morgan fingerprint density at radius 1 is 1.21 bits per heavy atom. The summed E-state index contributed by atoms with van der Waals surface area (Å²) >= 11 is 6.88. The summed E-state index contributed by atoms with van der Waals surface area (Å²) in [7, 11) is 0. The van der Waals surface area contributed by atoms with Gasteiger partial charge in [0.15, 0.2) is 5.78 Å². The van der Waals surface area contributed by atoms with E-state index in [9.17, 15) is 19.2 Å². The predicted octanol–water partition coefficient (Wildman–Crippen LogP) is 2.95. The monoisotopic (exact) mass is 368 g/mol. The van der Waals surface area contributed by atoms with E-state index >= 15 is 0 Å². The van der Waals surface area contributed by atoms with Gasteiger partial charge in [-0.15, -0.1) is 11.3 Å². The fraction of sp³-hybridized carbons (Fsp3) is 0.500. The molecule has 1 aromatic rings. The molecular formula is C16H17ClN2O4S. The highest BCUT2D eigenvalue weighted by Crippen LogP contribution is 2.31. The van der Waals surface area contributed by atoms with Gasteiger partial charge in [0.1, 0.15) is 0 Å². The van der Waals surface area contributed by atoms with Crippen molar-refractivity contribution in [2.75, 3.05) is 6.54 Å². The first kappa shape index (κ1) is 17.1. The van der Waals surface area contributed by atoms with Crippen molar-refractivity contribution >= 4 is 46.6 Å². The molecule has 1 aliphatic carbocycles. The topological polar surface area (TPSA) is 74.8 Å². The van der Waals surface area contributed by atoms with E-state index in [2.05, 4.69) is 0 Å². The Labute approximate surface area is 148 Å². The number of nitrogens with zero attached hydrogens (tertiary/aromatic N) is 2. The van der Waals surface area contributed by atoms with Gasteiger partial charge in [0.25, 0.3) is 0 Å². The summed E-state index contributed by atoms with van der Waals surface area (Å²) in [6.45, 7) is 1.55. The van der Waals surface area contributed by atoms with Gasteiger partial charge in [0.05, 0.1) is 15.8 Å². The van der Waals surface area contributed by atoms with Crippen LogP contribution in [0.2, 0.25) is 4.34 Å². The second-order valence-electron chi connectivity index (χ2n) is 6.21. The van der Waals surface area contributed by atoms with Crippen LogP contribution in [0.4, 0.5) is 4.79 Å². The van der Waals surface area contributed by atoms with Crippen LogP contribution in [0.15, 0.2) is 12.1 Å². The summed E-state index contributed by atoms with van der Waals surface area (Å²) in [6.07, 6.45) is 3.60. The van der Waals surface area contributed by atoms with Crippen molar-refractivity contribution in [2.24, 2.45) is 5.92 Å². The molecular weight excluding hydrogens is 352 g/mol. The van der Waals surface area contributed by atoms with Crippen LogP contribution < -0.4 is 0 Å². The van der Waals surface area contributed by atoms with Crippen molar-refractivity contribution in [3.05, 3.63) is 21.3 Å². The molecule has 0 bridgehead atoms. The number of amides is 4. The van der Waals surface area contributed by atoms with Crippen LogP contribution >= 0.6 is 22.9 Å². The molecule has 24 heavy (non-hydrogen) atoms. The molecule has 2 heterocycles. The van der Waals surface area contributed by atoms with Crippen molar-refractivity contribution in [1.82, 2.24) is 9.80 Å². The van der Waals surface area contributed by atoms with E-state index in [-0.39, 0.29) is 12.0 Å². The first-order valence-electron chi connectivity index (χ1n) is 7.87. The Balaban J connectivity index is 1.77. The quantitative estimate of drug-likeness (QED) is 0.465. The van der Waals surface area contributed by atoms with Crippen molar-refractivity contribution in [3.8, 4) is 0 Å². The summed E-state index contributed by atoms with van der Waals surface area (Å²) in [6, 6.07) is 2.18. The number of hydrogen-bond acceptors (Lipinski definition) is 5. The van der Waals surface area contributed by atoms with Crippen molar-refractivity contribution < 1.29 is 19.2 Å². The minimum atomic E-state index is -0.922. The van der Waals surface area contributed by atoms with Crippen LogP contribution in [0, 0.1) is 5.92 Å². The highest BCUT2D eigenvalue weighted by atomic mass is 35.5. The van der Waals surface area contributed by atoms with Crippen LogP contribution in [0.5, 0.6) is 0 Å². The Morgan fingerprint density at radius 3 is 2.54 bits per heavy atom. The van der Waals surface area contributed by atoms with Gasteiger partial charge < -0.3 is 0 Å². The molecule has 0 N–H and O–H groups in total. The second-order valence-corrected chi connectivity index (χ2v) is 7.92. The SMILES string of the molecule is C[C@@H]1CCCC[C@H]1N1C(=O)C(=O)N(CC(=O)c2ccc(Cl)s2)C1=O. The van der Waals surface area contributed by atoms with Gasteiger partial charge >= 0.3 is 17.8 Å². The lowest BCUT2D eigenvalue weighted by Gasteiger charge is -2.34. The van der Waals surface area contributed by atoms with Crippen LogP contribution in [-0.4, -0.2) is 46.0 Å². The van der Waals surface area contributed by atoms with Crippen molar-refractivity contribution in [1.29, 1.82) is 0 Å². The first-order chi connectivity index (χ1) is 11.4. The Morgan fingerprint density at radius 2 is 1.92 bits per heavy atom. The van der Waals surface area contributed by atoms with E-state index in [1.165, 1.54) is 0 Å². The zero-order valence-corrected chi connectivity index (χ0v) is 14.7. The van der Waals surface area contributed by atoms with E-state index in [0.717, 1.165) is 40.4 Å². The summed E-state index contributed by atoms with van der Waals surface area (Å²) in [5.74, 6) is -1.99. The zero-order valence-electron chi connectivity index (χ0n) is 13.2. The third-order valence-electron chi connectivity index (χ3n) is 4.63. The molecule has 1 aromatic heterocycles. The molecule has 0 spiro atoms. The van der Waals surface area contributed by atoms with Gasteiger partial charge in [0, 0.05) is 6.04 Å². The van der Waals surface area contributed by atoms with E-state index in [0.29, 0.717) is 15.6 Å². The van der Waals surface area contributed by atoms with E-state index < -0.39 is 30.2 Å². The van der Waals surface area contributed by atoms with Gasteiger partial charge in [-0.25, -0.2) is 9.69 Å². The number of urea groups is 1. The molecule has 2 fully saturated rings. The number of rotatable bonds is 4. The molecule has 0 aromatic carbocycles. The number of ketones is 1. The minimum Gasteiger partial charge on any atom is -0.291 e. The van der Waals surface area contributed by atoms with E-state index in [1.54, 1.807) is 12.1 Å². The van der Waals surface area contributed by atoms with Gasteiger partial charge in [0.2, 0.25) is 0 Å². The number of halogens is 1. The maximum absolute atomic E-state index is 12.6. The molecule has 1 saturated carbocycles. The van der Waals surface area contributed by atoms with E-state index in [4.69, 9.17) is 11.6 Å². The van der Waals surface area contributed by atoms with Crippen molar-refractivity contribution in [2.45, 2.75) is 38.6 Å². The third kappa shape index (κ3) is 2.98. The molecule has 0 unspecified atom stereocenters. The fourth-order valence-corrected chi connectivity index (χ4v) is 4.29. The number of carbonyl (C=O) groups is 4. The molecule has 3 rings (SSSR count). The average Bonchev–Trinajstić information content (AvgIpc) is 3.07. The largest absolute Gasteiger partial charge is 0.334 e. The molecule has 1 aliphatic heterocycles. The molecule has 4 amide bonds. The Hall–Kier alpha value is -1.73. The first-order valence-corrected chi connectivity index (χ1v) is 9.07. The van der Waals surface area contributed by atoms with Gasteiger partial charge in [-0.05, 0) is 30.9 Å². The predicted molar refractivity (Wildman–Crippen MR) is 89.0 cm³/mol. The lowest BCUT2D eigenvalue weighted by atomic mass is 9.85. The molecule has 6 nitrogen and oxygen atoms in total. The number of Topliss-reactive ketones (excluding diaryl/α,β-unsaturated/α-hetero) is 1. The third-order valence-corrected chi connectivity index (χ3v) is 5.90. The Kier molecular flexibility index (Phi) is 4.73. The molecule has 1 saturated heterocycles. The van der Waals surface area contributed by atoms with Crippen LogP contribution in [0.1, 0.15) is 42.3 Å². The zero-order chi connectivity index (χ0) is 17.4. The van der Waals surface area contributed by atoms with Crippen molar-refractivity contribution in [3.63, 3.8) is 0 Å². The number of carbonyl (C=O) groups excluding carboxylic acids is 4.